The van der Waals surface area contributed by atoms with Gasteiger partial charge in [-0.3, -0.25) is 0 Å². The molecule has 0 unspecified atom stereocenters. The average Bonchev–Trinajstić information content (AvgIpc) is 3.15. The number of methoxy groups -OCH3 is 2. The Bertz CT molecular complexity index is 1620. The Kier molecular flexibility index (Phi) is 5.06. The first-order valence-electron chi connectivity index (χ1n) is 10.2. The fraction of sp³-hybridized carbons (Fsp3) is 0.125. The van der Waals surface area contributed by atoms with E-state index in [4.69, 9.17) is 19.4 Å². The molecule has 2 aromatic carbocycles. The molecule has 0 aliphatic rings. The highest BCUT2D eigenvalue weighted by atomic mass is 16.5. The summed E-state index contributed by atoms with van der Waals surface area (Å²) in [5, 5.41) is 5.05. The number of para-hydroxylation sites is 2. The molecule has 0 atom stereocenters. The Morgan fingerprint density at radius 3 is 2.58 bits per heavy atom. The van der Waals surface area contributed by atoms with E-state index in [0.29, 0.717) is 51.3 Å². The van der Waals surface area contributed by atoms with E-state index in [1.165, 1.54) is 4.57 Å². The molecule has 5 rings (SSSR count). The number of nitrogens with one attached hydrogen (secondary N) is 1. The molecule has 164 valence electrons. The van der Waals surface area contributed by atoms with Gasteiger partial charge in [0, 0.05) is 0 Å². The molecule has 3 aromatic heterocycles. The van der Waals surface area contributed by atoms with E-state index in [2.05, 4.69) is 16.7 Å². The first kappa shape index (κ1) is 20.4. The molecule has 9 nitrogen and oxygen atoms in total. The van der Waals surface area contributed by atoms with Gasteiger partial charge in [-0.2, -0.15) is 0 Å². The van der Waals surface area contributed by atoms with Gasteiger partial charge in [0.05, 0.1) is 38.0 Å². The lowest BCUT2D eigenvalue weighted by Gasteiger charge is -2.07. The monoisotopic (exact) mass is 441 g/mol. The summed E-state index contributed by atoms with van der Waals surface area (Å²) in [6.07, 6.45) is 4.94. The summed E-state index contributed by atoms with van der Waals surface area (Å²) in [4.78, 5) is 25.9. The van der Waals surface area contributed by atoms with Gasteiger partial charge in [0.25, 0.3) is 5.65 Å². The van der Waals surface area contributed by atoms with Crippen LogP contribution in [0.3, 0.4) is 0 Å². The van der Waals surface area contributed by atoms with Crippen molar-refractivity contribution >= 4 is 39.4 Å². The van der Waals surface area contributed by atoms with Crippen LogP contribution in [0.4, 0.5) is 0 Å². The third kappa shape index (κ3) is 3.39. The van der Waals surface area contributed by atoms with Gasteiger partial charge in [-0.05, 0) is 35.9 Å². The Morgan fingerprint density at radius 1 is 1.09 bits per heavy atom. The summed E-state index contributed by atoms with van der Waals surface area (Å²) in [5.41, 5.74) is 3.46. The third-order valence-electron chi connectivity index (χ3n) is 5.33. The first-order valence-corrected chi connectivity index (χ1v) is 10.2. The lowest BCUT2D eigenvalue weighted by Crippen LogP contribution is -2.26. The number of hydrogen-bond acceptors (Lipinski definition) is 6. The molecule has 5 aromatic rings. The van der Waals surface area contributed by atoms with Gasteiger partial charge in [0.2, 0.25) is 5.65 Å². The van der Waals surface area contributed by atoms with Crippen molar-refractivity contribution in [3.8, 4) is 11.5 Å². The maximum atomic E-state index is 13.2. The van der Waals surface area contributed by atoms with E-state index in [9.17, 15) is 4.79 Å². The summed E-state index contributed by atoms with van der Waals surface area (Å²) in [5.74, 6) is 1.22. The van der Waals surface area contributed by atoms with Crippen LogP contribution < -0.4 is 20.0 Å². The van der Waals surface area contributed by atoms with Crippen LogP contribution in [0.15, 0.2) is 71.3 Å². The van der Waals surface area contributed by atoms with E-state index in [-0.39, 0.29) is 5.56 Å². The van der Waals surface area contributed by atoms with Crippen LogP contribution in [-0.2, 0) is 6.54 Å². The molecule has 33 heavy (non-hydrogen) atoms. The molecule has 0 amide bonds. The van der Waals surface area contributed by atoms with Gasteiger partial charge < -0.3 is 9.47 Å². The van der Waals surface area contributed by atoms with E-state index in [0.717, 1.165) is 5.56 Å². The smallest absolute Gasteiger partial charge is 0.323 e. The second kappa shape index (κ2) is 8.19. The number of rotatable bonds is 6. The second-order valence-electron chi connectivity index (χ2n) is 7.30. The van der Waals surface area contributed by atoms with Crippen LogP contribution in [-0.4, -0.2) is 39.6 Å². The van der Waals surface area contributed by atoms with Crippen LogP contribution in [0.25, 0.3) is 33.2 Å². The van der Waals surface area contributed by atoms with Crippen LogP contribution in [0.2, 0.25) is 0 Å². The van der Waals surface area contributed by atoms with Crippen molar-refractivity contribution in [3.05, 3.63) is 77.4 Å². The van der Waals surface area contributed by atoms with Crippen molar-refractivity contribution in [2.45, 2.75) is 6.54 Å². The SMILES string of the molecule is C=CCn1c[nH+]c2c(c1=O)c1nc3ccccc3nc1n2N=Cc1ccc(OC)c(OC)c1. The van der Waals surface area contributed by atoms with Crippen molar-refractivity contribution in [3.63, 3.8) is 0 Å². The molecule has 0 saturated carbocycles. The molecule has 0 spiro atoms. The molecule has 9 heteroatoms. The van der Waals surface area contributed by atoms with E-state index >= 15 is 0 Å². The lowest BCUT2D eigenvalue weighted by atomic mass is 10.2. The number of benzene rings is 2. The van der Waals surface area contributed by atoms with Crippen LogP contribution in [0.5, 0.6) is 11.5 Å². The van der Waals surface area contributed by atoms with Gasteiger partial charge in [-0.25, -0.2) is 24.3 Å². The highest BCUT2D eigenvalue weighted by Crippen LogP contribution is 2.27. The van der Waals surface area contributed by atoms with Crippen molar-refractivity contribution in [2.24, 2.45) is 5.10 Å². The number of ether oxygens (including phenoxy) is 2. The summed E-state index contributed by atoms with van der Waals surface area (Å²) < 4.78 is 13.8. The van der Waals surface area contributed by atoms with Crippen molar-refractivity contribution in [1.82, 2.24) is 19.2 Å². The number of fused-ring (bicyclic) bond motifs is 4. The van der Waals surface area contributed by atoms with Crippen molar-refractivity contribution in [2.75, 3.05) is 14.2 Å². The fourth-order valence-corrected chi connectivity index (χ4v) is 3.75. The number of aromatic nitrogens is 5. The number of H-pyrrole nitrogens is 1. The predicted octanol–water partition coefficient (Wildman–Crippen LogP) is 2.80. The normalized spacial score (nSPS) is 11.6. The van der Waals surface area contributed by atoms with Crippen LogP contribution in [0, 0.1) is 0 Å². The van der Waals surface area contributed by atoms with E-state index < -0.39 is 0 Å². The summed E-state index contributed by atoms with van der Waals surface area (Å²) in [6.45, 7) is 4.09. The molecule has 0 aliphatic heterocycles. The Balaban J connectivity index is 1.77. The summed E-state index contributed by atoms with van der Waals surface area (Å²) in [6, 6.07) is 13.0. The Labute approximate surface area is 188 Å². The quantitative estimate of drug-likeness (QED) is 0.298. The lowest BCUT2D eigenvalue weighted by molar-refractivity contribution is -0.357. The van der Waals surface area contributed by atoms with Gasteiger partial charge in [-0.1, -0.05) is 24.8 Å². The molecule has 0 radical (unpaired) electrons. The molecule has 0 saturated heterocycles. The van der Waals surface area contributed by atoms with E-state index in [1.807, 2.05) is 36.4 Å². The minimum atomic E-state index is -0.196. The standard InChI is InChI=1S/C24H20N6O3/c1-4-11-29-14-25-22-20(24(29)31)21-23(28-17-8-6-5-7-16(17)27-21)30(22)26-13-15-9-10-18(32-2)19(12-15)33-3/h4-10,12-14H,1,11H2,2-3H3/p+1. The molecule has 0 bridgehead atoms. The fourth-order valence-electron chi connectivity index (χ4n) is 3.75. The molecular weight excluding hydrogens is 420 g/mol. The molecule has 1 N–H and O–H groups in total. The molecule has 0 fully saturated rings. The number of allylic oxidation sites excluding steroid dienone is 1. The minimum Gasteiger partial charge on any atom is -0.493 e. The van der Waals surface area contributed by atoms with Crippen LogP contribution in [0.1, 0.15) is 5.56 Å². The zero-order valence-electron chi connectivity index (χ0n) is 18.1. The Hall–Kier alpha value is -4.53. The average molecular weight is 441 g/mol. The van der Waals surface area contributed by atoms with Crippen molar-refractivity contribution in [1.29, 1.82) is 0 Å². The largest absolute Gasteiger partial charge is 0.493 e. The third-order valence-corrected chi connectivity index (χ3v) is 5.33. The van der Waals surface area contributed by atoms with Crippen molar-refractivity contribution < 1.29 is 14.5 Å². The maximum Gasteiger partial charge on any atom is 0.323 e. The van der Waals surface area contributed by atoms with E-state index in [1.54, 1.807) is 43.6 Å². The van der Waals surface area contributed by atoms with Crippen LogP contribution >= 0.6 is 0 Å². The summed E-state index contributed by atoms with van der Waals surface area (Å²) >= 11 is 0. The number of aromatic amines is 1. The topological polar surface area (TPSA) is 97.7 Å². The Morgan fingerprint density at radius 2 is 1.85 bits per heavy atom. The van der Waals surface area contributed by atoms with Gasteiger partial charge in [0.15, 0.2) is 23.2 Å². The van der Waals surface area contributed by atoms with Gasteiger partial charge in [-0.15, -0.1) is 9.78 Å². The minimum absolute atomic E-state index is 0.196. The first-order chi connectivity index (χ1) is 16.1. The summed E-state index contributed by atoms with van der Waals surface area (Å²) in [7, 11) is 3.16. The molecular formula is C24H21N6O3+. The van der Waals surface area contributed by atoms with Gasteiger partial charge >= 0.3 is 5.56 Å². The molecule has 3 heterocycles. The van der Waals surface area contributed by atoms with Gasteiger partial charge in [0.1, 0.15) is 5.52 Å². The zero-order chi connectivity index (χ0) is 22.9. The number of hydrogen-bond donors (Lipinski definition) is 0. The second-order valence-corrected chi connectivity index (χ2v) is 7.30. The zero-order valence-corrected chi connectivity index (χ0v) is 18.1. The highest BCUT2D eigenvalue weighted by Gasteiger charge is 2.24. The molecule has 0 aliphatic carbocycles. The highest BCUT2D eigenvalue weighted by molar-refractivity contribution is 6.03. The number of nitrogens with zero attached hydrogens (tertiary/aromatic N) is 5. The predicted molar refractivity (Wildman–Crippen MR) is 126 cm³/mol. The maximum absolute atomic E-state index is 13.2.